The number of nitrogens with one attached hydrogen (secondary N) is 1. The Morgan fingerprint density at radius 2 is 1.82 bits per heavy atom. The molecule has 2 amide bonds. The second kappa shape index (κ2) is 9.56. The number of rotatable bonds is 7. The maximum Gasteiger partial charge on any atom is 0.355 e. The minimum absolute atomic E-state index is 0.0589. The quantitative estimate of drug-likeness (QED) is 0.201. The highest BCUT2D eigenvalue weighted by atomic mass is 32.2. The largest absolute Gasteiger partial charge is 0.456 e. The molecule has 0 bridgehead atoms. The first kappa shape index (κ1) is 23.3. The lowest BCUT2D eigenvalue weighted by atomic mass is 10.0. The number of thioether (sulfide) groups is 1. The van der Waals surface area contributed by atoms with Crippen molar-refractivity contribution in [2.75, 3.05) is 11.5 Å². The molecule has 0 radical (unpaired) electrons. The number of ether oxygens (including phenoxy) is 1. The molecule has 10 nitrogen and oxygen atoms in total. The van der Waals surface area contributed by atoms with Gasteiger partial charge in [0.25, 0.3) is 11.6 Å². The molecular formula is C23H22N4O6S. The molecule has 2 heterocycles. The van der Waals surface area contributed by atoms with Crippen molar-refractivity contribution in [3.8, 4) is 0 Å². The van der Waals surface area contributed by atoms with E-state index in [2.05, 4.69) is 5.32 Å². The summed E-state index contributed by atoms with van der Waals surface area (Å²) in [5.41, 5.74) is 8.45. The average molecular weight is 483 g/mol. The highest BCUT2D eigenvalue weighted by Gasteiger charge is 2.53. The number of fused-ring (bicyclic) bond motifs is 1. The Kier molecular flexibility index (Phi) is 6.55. The highest BCUT2D eigenvalue weighted by Crippen LogP contribution is 2.40. The average Bonchev–Trinajstić information content (AvgIpc) is 2.82. The Hall–Kier alpha value is -3.86. The molecule has 34 heavy (non-hydrogen) atoms. The van der Waals surface area contributed by atoms with Crippen LogP contribution in [0, 0.1) is 10.1 Å². The van der Waals surface area contributed by atoms with Crippen molar-refractivity contribution in [2.45, 2.75) is 31.4 Å². The van der Waals surface area contributed by atoms with Crippen LogP contribution in [-0.2, 0) is 32.1 Å². The van der Waals surface area contributed by atoms with Crippen LogP contribution < -0.4 is 11.1 Å². The Balaban J connectivity index is 1.37. The number of nitrogens with two attached hydrogens (primary N) is 1. The molecule has 1 saturated heterocycles. The van der Waals surface area contributed by atoms with Gasteiger partial charge in [0.15, 0.2) is 0 Å². The molecule has 2 aromatic carbocycles. The van der Waals surface area contributed by atoms with E-state index in [0.717, 1.165) is 5.56 Å². The molecule has 0 spiro atoms. The lowest BCUT2D eigenvalue weighted by molar-refractivity contribution is -0.384. The van der Waals surface area contributed by atoms with E-state index < -0.39 is 22.3 Å². The standard InChI is InChI=1S/C23H22N4O6S/c1-13-12-34-22-19(25-18(28)10-14-2-6-16(24)7-3-14)21(29)26(22)20(13)23(30)33-11-15-4-8-17(9-5-15)27(31)32/h2-9,19,22H,10-12,24H2,1H3,(H,25,28)/t19?,22-/m0/s1. The van der Waals surface area contributed by atoms with E-state index in [1.165, 1.54) is 40.9 Å². The van der Waals surface area contributed by atoms with Gasteiger partial charge in [0.05, 0.1) is 11.3 Å². The number of carbonyl (C=O) groups is 3. The summed E-state index contributed by atoms with van der Waals surface area (Å²) in [4.78, 5) is 49.7. The smallest absolute Gasteiger partial charge is 0.355 e. The molecule has 1 unspecified atom stereocenters. The number of nitrogens with zero attached hydrogens (tertiary/aromatic N) is 2. The monoisotopic (exact) mass is 482 g/mol. The van der Waals surface area contributed by atoms with Crippen LogP contribution in [0.3, 0.4) is 0 Å². The van der Waals surface area contributed by atoms with Crippen molar-refractivity contribution >= 4 is 40.9 Å². The van der Waals surface area contributed by atoms with E-state index in [9.17, 15) is 24.5 Å². The minimum atomic E-state index is -0.725. The van der Waals surface area contributed by atoms with Gasteiger partial charge in [-0.05, 0) is 47.9 Å². The summed E-state index contributed by atoms with van der Waals surface area (Å²) in [5, 5.41) is 13.1. The zero-order valence-electron chi connectivity index (χ0n) is 18.2. The maximum atomic E-state index is 12.8. The third-order valence-corrected chi connectivity index (χ3v) is 6.95. The lowest BCUT2D eigenvalue weighted by Crippen LogP contribution is -2.70. The van der Waals surface area contributed by atoms with Crippen molar-refractivity contribution in [1.82, 2.24) is 10.2 Å². The third-order valence-electron chi connectivity index (χ3n) is 5.53. The zero-order valence-corrected chi connectivity index (χ0v) is 19.0. The molecule has 2 aromatic rings. The van der Waals surface area contributed by atoms with Crippen molar-refractivity contribution < 1.29 is 24.0 Å². The summed E-state index contributed by atoms with van der Waals surface area (Å²) in [5.74, 6) is -0.802. The molecule has 2 aliphatic heterocycles. The molecule has 1 fully saturated rings. The van der Waals surface area contributed by atoms with Gasteiger partial charge < -0.3 is 15.8 Å². The van der Waals surface area contributed by atoms with E-state index in [1.807, 2.05) is 0 Å². The van der Waals surface area contributed by atoms with E-state index in [-0.39, 0.29) is 36.2 Å². The van der Waals surface area contributed by atoms with Crippen LogP contribution in [-0.4, -0.2) is 44.8 Å². The highest BCUT2D eigenvalue weighted by molar-refractivity contribution is 8.00. The van der Waals surface area contributed by atoms with Gasteiger partial charge in [0, 0.05) is 23.6 Å². The predicted molar refractivity (Wildman–Crippen MR) is 125 cm³/mol. The molecule has 2 aliphatic rings. The fourth-order valence-electron chi connectivity index (χ4n) is 3.74. The van der Waals surface area contributed by atoms with E-state index in [4.69, 9.17) is 10.5 Å². The summed E-state index contributed by atoms with van der Waals surface area (Å²) >= 11 is 1.47. The van der Waals surface area contributed by atoms with Crippen LogP contribution in [0.2, 0.25) is 0 Å². The molecule has 3 N–H and O–H groups in total. The second-order valence-corrected chi connectivity index (χ2v) is 9.11. The number of carbonyl (C=O) groups excluding carboxylic acids is 3. The van der Waals surface area contributed by atoms with Gasteiger partial charge in [0.2, 0.25) is 5.91 Å². The van der Waals surface area contributed by atoms with Crippen molar-refractivity contribution in [2.24, 2.45) is 0 Å². The van der Waals surface area contributed by atoms with E-state index in [1.54, 1.807) is 31.2 Å². The van der Waals surface area contributed by atoms with Crippen molar-refractivity contribution in [3.63, 3.8) is 0 Å². The Morgan fingerprint density at radius 1 is 1.18 bits per heavy atom. The van der Waals surface area contributed by atoms with Crippen LogP contribution in [0.1, 0.15) is 18.1 Å². The summed E-state index contributed by atoms with van der Waals surface area (Å²) < 4.78 is 5.38. The SMILES string of the molecule is CC1=C(C(=O)OCc2ccc([N+](=O)[O-])cc2)N2C(=O)C(NC(=O)Cc3ccc(N)cc3)[C@@H]2SC1. The molecular weight excluding hydrogens is 460 g/mol. The van der Waals surface area contributed by atoms with Gasteiger partial charge >= 0.3 is 5.97 Å². The van der Waals surface area contributed by atoms with E-state index in [0.29, 0.717) is 22.6 Å². The fraction of sp³-hybridized carbons (Fsp3) is 0.261. The number of hydrogen-bond acceptors (Lipinski definition) is 8. The number of nitro benzene ring substituents is 1. The number of non-ortho nitro benzene ring substituents is 1. The van der Waals surface area contributed by atoms with Crippen LogP contribution in [0.5, 0.6) is 0 Å². The number of benzene rings is 2. The van der Waals surface area contributed by atoms with Gasteiger partial charge in [-0.25, -0.2) is 4.79 Å². The van der Waals surface area contributed by atoms with Crippen molar-refractivity contribution in [1.29, 1.82) is 0 Å². The Bertz CT molecular complexity index is 1180. The van der Waals surface area contributed by atoms with Crippen LogP contribution in [0.15, 0.2) is 59.8 Å². The normalized spacial score (nSPS) is 19.2. The van der Waals surface area contributed by atoms with Gasteiger partial charge in [-0.3, -0.25) is 24.6 Å². The molecule has 0 aromatic heterocycles. The lowest BCUT2D eigenvalue weighted by Gasteiger charge is -2.49. The van der Waals surface area contributed by atoms with E-state index >= 15 is 0 Å². The fourth-order valence-corrected chi connectivity index (χ4v) is 5.03. The molecule has 176 valence electrons. The number of amides is 2. The first-order valence-corrected chi connectivity index (χ1v) is 11.5. The van der Waals surface area contributed by atoms with Gasteiger partial charge in [-0.2, -0.15) is 0 Å². The number of esters is 1. The topological polar surface area (TPSA) is 145 Å². The molecule has 11 heteroatoms. The summed E-state index contributed by atoms with van der Waals surface area (Å²) in [6.45, 7) is 1.67. The number of nitro groups is 1. The van der Waals surface area contributed by atoms with Crippen LogP contribution >= 0.6 is 11.8 Å². The molecule has 2 atom stereocenters. The number of hydrogen-bond donors (Lipinski definition) is 2. The minimum Gasteiger partial charge on any atom is -0.456 e. The Labute approximate surface area is 199 Å². The first-order valence-electron chi connectivity index (χ1n) is 10.4. The molecule has 0 saturated carbocycles. The summed E-state index contributed by atoms with van der Waals surface area (Å²) in [7, 11) is 0. The van der Waals surface area contributed by atoms with Crippen LogP contribution in [0.25, 0.3) is 0 Å². The summed E-state index contributed by atoms with van der Waals surface area (Å²) in [6.07, 6.45) is 0.112. The Morgan fingerprint density at radius 3 is 2.47 bits per heavy atom. The predicted octanol–water partition coefficient (Wildman–Crippen LogP) is 2.14. The first-order chi connectivity index (χ1) is 16.2. The van der Waals surface area contributed by atoms with Crippen LogP contribution in [0.4, 0.5) is 11.4 Å². The molecule has 0 aliphatic carbocycles. The second-order valence-electron chi connectivity index (χ2n) is 8.00. The zero-order chi connectivity index (χ0) is 24.4. The van der Waals surface area contributed by atoms with Crippen molar-refractivity contribution in [3.05, 3.63) is 81.0 Å². The summed E-state index contributed by atoms with van der Waals surface area (Å²) in [6, 6.07) is 11.9. The maximum absolute atomic E-state index is 12.8. The van der Waals surface area contributed by atoms with Gasteiger partial charge in [-0.15, -0.1) is 11.8 Å². The number of anilines is 1. The van der Waals surface area contributed by atoms with Gasteiger partial charge in [0.1, 0.15) is 23.7 Å². The number of β-lactam (4-membered cyclic amide) rings is 1. The number of nitrogen functional groups attached to an aromatic ring is 1. The van der Waals surface area contributed by atoms with Gasteiger partial charge in [-0.1, -0.05) is 12.1 Å². The third kappa shape index (κ3) is 4.74. The molecule has 4 rings (SSSR count).